The van der Waals surface area contributed by atoms with Crippen LogP contribution in [0.2, 0.25) is 0 Å². The van der Waals surface area contributed by atoms with Crippen LogP contribution < -0.4 is 22.5 Å². The number of hydrogen-bond donors (Lipinski definition) is 4. The van der Waals surface area contributed by atoms with Gasteiger partial charge in [0.2, 0.25) is 0 Å². The number of hydrazine groups is 2. The molecule has 6 nitrogen and oxygen atoms in total. The van der Waals surface area contributed by atoms with Crippen LogP contribution >= 0.6 is 0 Å². The van der Waals surface area contributed by atoms with Crippen molar-refractivity contribution in [2.45, 2.75) is 13.3 Å². The van der Waals surface area contributed by atoms with E-state index >= 15 is 0 Å². The summed E-state index contributed by atoms with van der Waals surface area (Å²) in [7, 11) is 0. The molecule has 0 aliphatic heterocycles. The standard InChI is InChI=1S/C6H12N4O2/c1-2-4(6(12)10-8)3-5(11)9-7/h3H,2,7-8H2,1H3,(H,9,11)(H,10,12)/b4-3-. The third kappa shape index (κ3) is 3.13. The summed E-state index contributed by atoms with van der Waals surface area (Å²) >= 11 is 0. The minimum absolute atomic E-state index is 0.278. The van der Waals surface area contributed by atoms with Crippen molar-refractivity contribution < 1.29 is 9.59 Å². The Labute approximate surface area is 69.9 Å². The van der Waals surface area contributed by atoms with Crippen molar-refractivity contribution >= 4 is 11.8 Å². The van der Waals surface area contributed by atoms with Crippen LogP contribution in [-0.4, -0.2) is 11.8 Å². The average molecular weight is 172 g/mol. The average Bonchev–Trinajstić information content (AvgIpc) is 2.12. The van der Waals surface area contributed by atoms with E-state index in [1.54, 1.807) is 6.92 Å². The Morgan fingerprint density at radius 1 is 1.33 bits per heavy atom. The molecule has 68 valence electrons. The summed E-state index contributed by atoms with van der Waals surface area (Å²) < 4.78 is 0. The highest BCUT2D eigenvalue weighted by molar-refractivity contribution is 6.00. The number of nitrogens with two attached hydrogens (primary N) is 2. The molecule has 0 saturated heterocycles. The van der Waals surface area contributed by atoms with Crippen LogP contribution in [0.4, 0.5) is 0 Å². The van der Waals surface area contributed by atoms with Crippen molar-refractivity contribution in [3.63, 3.8) is 0 Å². The van der Waals surface area contributed by atoms with Crippen molar-refractivity contribution in [2.75, 3.05) is 0 Å². The predicted octanol–water partition coefficient (Wildman–Crippen LogP) is -1.70. The topological polar surface area (TPSA) is 110 Å². The van der Waals surface area contributed by atoms with Crippen molar-refractivity contribution in [3.8, 4) is 0 Å². The number of carbonyl (C=O) groups excluding carboxylic acids is 2. The van der Waals surface area contributed by atoms with Gasteiger partial charge >= 0.3 is 0 Å². The molecule has 0 aliphatic carbocycles. The second kappa shape index (κ2) is 5.28. The minimum Gasteiger partial charge on any atom is -0.291 e. The zero-order valence-electron chi connectivity index (χ0n) is 6.76. The molecular formula is C6H12N4O2. The summed E-state index contributed by atoms with van der Waals surface area (Å²) in [5, 5.41) is 0. The summed E-state index contributed by atoms with van der Waals surface area (Å²) in [6.07, 6.45) is 1.51. The van der Waals surface area contributed by atoms with Crippen molar-refractivity contribution in [1.82, 2.24) is 10.9 Å². The smallest absolute Gasteiger partial charge is 0.261 e. The zero-order chi connectivity index (χ0) is 9.56. The van der Waals surface area contributed by atoms with Crippen LogP contribution in [0, 0.1) is 0 Å². The van der Waals surface area contributed by atoms with Crippen molar-refractivity contribution in [2.24, 2.45) is 11.7 Å². The van der Waals surface area contributed by atoms with Crippen LogP contribution in [0.1, 0.15) is 13.3 Å². The SMILES string of the molecule is CC/C(=C/C(=O)NN)C(=O)NN. The maximum absolute atomic E-state index is 10.9. The first-order chi connectivity index (χ1) is 5.65. The fourth-order valence-corrected chi connectivity index (χ4v) is 0.621. The number of hydrogen-bond acceptors (Lipinski definition) is 4. The van der Waals surface area contributed by atoms with Gasteiger partial charge in [0.05, 0.1) is 0 Å². The molecule has 0 heterocycles. The maximum atomic E-state index is 10.9. The van der Waals surface area contributed by atoms with Gasteiger partial charge in [0.1, 0.15) is 0 Å². The Hall–Kier alpha value is -1.40. The number of rotatable bonds is 3. The van der Waals surface area contributed by atoms with Gasteiger partial charge in [-0.05, 0) is 6.42 Å². The van der Waals surface area contributed by atoms with E-state index in [0.717, 1.165) is 6.08 Å². The third-order valence-corrected chi connectivity index (χ3v) is 1.25. The second-order valence-electron chi connectivity index (χ2n) is 2.01. The predicted molar refractivity (Wildman–Crippen MR) is 43.0 cm³/mol. The zero-order valence-corrected chi connectivity index (χ0v) is 6.76. The number of amides is 2. The van der Waals surface area contributed by atoms with E-state index in [4.69, 9.17) is 11.7 Å². The van der Waals surface area contributed by atoms with E-state index in [0.29, 0.717) is 6.42 Å². The van der Waals surface area contributed by atoms with E-state index in [9.17, 15) is 9.59 Å². The van der Waals surface area contributed by atoms with Crippen LogP contribution in [0.25, 0.3) is 0 Å². The van der Waals surface area contributed by atoms with E-state index in [1.807, 2.05) is 10.9 Å². The molecule has 6 N–H and O–H groups in total. The fourth-order valence-electron chi connectivity index (χ4n) is 0.621. The van der Waals surface area contributed by atoms with E-state index in [1.165, 1.54) is 0 Å². The van der Waals surface area contributed by atoms with Gasteiger partial charge in [-0.25, -0.2) is 11.7 Å². The molecule has 0 bridgehead atoms. The Kier molecular flexibility index (Phi) is 4.66. The lowest BCUT2D eigenvalue weighted by Gasteiger charge is -2.01. The van der Waals surface area contributed by atoms with Gasteiger partial charge in [-0.3, -0.25) is 20.4 Å². The van der Waals surface area contributed by atoms with Crippen LogP contribution in [0.3, 0.4) is 0 Å². The van der Waals surface area contributed by atoms with Gasteiger partial charge in [0, 0.05) is 11.6 Å². The fraction of sp³-hybridized carbons (Fsp3) is 0.333. The van der Waals surface area contributed by atoms with E-state index < -0.39 is 11.8 Å². The lowest BCUT2D eigenvalue weighted by atomic mass is 10.2. The van der Waals surface area contributed by atoms with Crippen LogP contribution in [0.15, 0.2) is 11.6 Å². The van der Waals surface area contributed by atoms with Gasteiger partial charge in [-0.15, -0.1) is 0 Å². The largest absolute Gasteiger partial charge is 0.291 e. The summed E-state index contributed by atoms with van der Waals surface area (Å²) in [4.78, 5) is 21.5. The molecule has 0 aromatic rings. The highest BCUT2D eigenvalue weighted by Crippen LogP contribution is 1.98. The Morgan fingerprint density at radius 3 is 2.25 bits per heavy atom. The van der Waals surface area contributed by atoms with Gasteiger partial charge in [-0.1, -0.05) is 6.92 Å². The molecule has 0 aromatic carbocycles. The molecule has 0 radical (unpaired) electrons. The molecule has 0 atom stereocenters. The quantitative estimate of drug-likeness (QED) is 0.176. The molecule has 0 spiro atoms. The number of nitrogens with one attached hydrogen (secondary N) is 2. The van der Waals surface area contributed by atoms with E-state index in [-0.39, 0.29) is 5.57 Å². The monoisotopic (exact) mass is 172 g/mol. The third-order valence-electron chi connectivity index (χ3n) is 1.25. The van der Waals surface area contributed by atoms with Crippen molar-refractivity contribution in [1.29, 1.82) is 0 Å². The van der Waals surface area contributed by atoms with Crippen LogP contribution in [-0.2, 0) is 9.59 Å². The number of carbonyl (C=O) groups is 2. The van der Waals surface area contributed by atoms with Crippen molar-refractivity contribution in [3.05, 3.63) is 11.6 Å². The molecule has 12 heavy (non-hydrogen) atoms. The Morgan fingerprint density at radius 2 is 1.92 bits per heavy atom. The molecule has 0 saturated carbocycles. The lowest BCUT2D eigenvalue weighted by Crippen LogP contribution is -2.33. The maximum Gasteiger partial charge on any atom is 0.261 e. The van der Waals surface area contributed by atoms with Gasteiger partial charge in [0.25, 0.3) is 11.8 Å². The first kappa shape index (κ1) is 10.6. The summed E-state index contributed by atoms with van der Waals surface area (Å²) in [5.41, 5.74) is 4.07. The molecular weight excluding hydrogens is 160 g/mol. The highest BCUT2D eigenvalue weighted by atomic mass is 16.2. The lowest BCUT2D eigenvalue weighted by molar-refractivity contribution is -0.119. The van der Waals surface area contributed by atoms with Gasteiger partial charge < -0.3 is 0 Å². The Balaban J connectivity index is 4.43. The second-order valence-corrected chi connectivity index (χ2v) is 2.01. The first-order valence-corrected chi connectivity index (χ1v) is 3.37. The Bertz CT molecular complexity index is 212. The van der Waals surface area contributed by atoms with Crippen LogP contribution in [0.5, 0.6) is 0 Å². The molecule has 0 rings (SSSR count). The summed E-state index contributed by atoms with van der Waals surface area (Å²) in [6, 6.07) is 0. The molecule has 0 unspecified atom stereocenters. The van der Waals surface area contributed by atoms with Gasteiger partial charge in [-0.2, -0.15) is 0 Å². The summed E-state index contributed by atoms with van der Waals surface area (Å²) in [5.74, 6) is 8.65. The summed E-state index contributed by atoms with van der Waals surface area (Å²) in [6.45, 7) is 1.73. The minimum atomic E-state index is -0.532. The molecule has 6 heteroatoms. The molecule has 0 aliphatic rings. The first-order valence-electron chi connectivity index (χ1n) is 3.37. The van der Waals surface area contributed by atoms with Gasteiger partial charge in [0.15, 0.2) is 0 Å². The normalized spacial score (nSPS) is 10.8. The highest BCUT2D eigenvalue weighted by Gasteiger charge is 2.06. The molecule has 0 aromatic heterocycles. The molecule has 0 fully saturated rings. The molecule has 2 amide bonds. The van der Waals surface area contributed by atoms with E-state index in [2.05, 4.69) is 0 Å².